The molecule has 0 saturated heterocycles. The van der Waals surface area contributed by atoms with Gasteiger partial charge < -0.3 is 21.9 Å². The third-order valence-electron chi connectivity index (χ3n) is 5.26. The third kappa shape index (κ3) is 7.78. The zero-order chi connectivity index (χ0) is 20.7. The van der Waals surface area contributed by atoms with Crippen molar-refractivity contribution in [2.45, 2.75) is 66.7 Å². The number of nitrogens with zero attached hydrogens (tertiary/aromatic N) is 1. The first-order valence-electron chi connectivity index (χ1n) is 9.83. The number of carbonyl (C=O) groups excluding carboxylic acids is 2. The van der Waals surface area contributed by atoms with Gasteiger partial charge in [0, 0.05) is 12.1 Å². The highest BCUT2D eigenvalue weighted by atomic mass is 35.5. The van der Waals surface area contributed by atoms with E-state index in [1.807, 2.05) is 58.6 Å². The predicted molar refractivity (Wildman–Crippen MR) is 105 cm³/mol. The Morgan fingerprint density at radius 2 is 1.43 bits per heavy atom. The summed E-state index contributed by atoms with van der Waals surface area (Å²) < 4.78 is 12.6. The summed E-state index contributed by atoms with van der Waals surface area (Å²) in [6, 6.07) is 4.20. The molecule has 160 valence electrons. The molecule has 1 rings (SSSR count). The Balaban J connectivity index is 0.00000729. The molecule has 6 heteroatoms. The SMILES string of the molecule is CCC(CC(C)(C)C(=O)OCCOC(=O)C(C)(C)CC)c1cc[n+](C)cc1.[Cl-]. The number of hydrogen-bond donors (Lipinski definition) is 0. The summed E-state index contributed by atoms with van der Waals surface area (Å²) in [5.74, 6) is -0.228. The van der Waals surface area contributed by atoms with Crippen molar-refractivity contribution < 1.29 is 36.0 Å². The molecule has 0 bridgehead atoms. The van der Waals surface area contributed by atoms with Crippen LogP contribution in [0, 0.1) is 10.8 Å². The number of esters is 2. The number of ether oxygens (including phenoxy) is 2. The fraction of sp³-hybridized carbons (Fsp3) is 0.682. The molecular weight excluding hydrogens is 378 g/mol. The molecule has 0 aliphatic carbocycles. The summed E-state index contributed by atoms with van der Waals surface area (Å²) in [5.41, 5.74) is 0.113. The molecule has 1 unspecified atom stereocenters. The number of aromatic nitrogens is 1. The molecule has 5 nitrogen and oxygen atoms in total. The average Bonchev–Trinajstić information content (AvgIpc) is 2.63. The standard InChI is InChI=1S/C22H36NO4.ClH/c1-8-17(18-10-12-23(7)13-11-18)16-22(5,6)20(25)27-15-14-26-19(24)21(3,4)9-2;/h10-13,17H,8-9,14-16H2,1-7H3;1H/q+1;/p-1. The first kappa shape index (κ1) is 26.4. The molecule has 0 radical (unpaired) electrons. The molecule has 1 aromatic rings. The first-order valence-corrected chi connectivity index (χ1v) is 9.83. The normalized spacial score (nSPS) is 12.7. The molecule has 0 aromatic carbocycles. The van der Waals surface area contributed by atoms with Gasteiger partial charge in [0.1, 0.15) is 20.3 Å². The summed E-state index contributed by atoms with van der Waals surface area (Å²) in [6.07, 6.45) is 6.41. The van der Waals surface area contributed by atoms with Crippen molar-refractivity contribution >= 4 is 11.9 Å². The molecule has 28 heavy (non-hydrogen) atoms. The minimum atomic E-state index is -0.606. The van der Waals surface area contributed by atoms with E-state index in [0.29, 0.717) is 12.8 Å². The quantitative estimate of drug-likeness (QED) is 0.325. The van der Waals surface area contributed by atoms with E-state index in [-0.39, 0.29) is 43.5 Å². The Kier molecular flexibility index (Phi) is 10.7. The molecule has 0 fully saturated rings. The van der Waals surface area contributed by atoms with Gasteiger partial charge in [-0.05, 0) is 58.4 Å². The Labute approximate surface area is 176 Å². The van der Waals surface area contributed by atoms with Crippen molar-refractivity contribution in [3.05, 3.63) is 30.1 Å². The van der Waals surface area contributed by atoms with Crippen molar-refractivity contribution in [1.82, 2.24) is 0 Å². The molecule has 1 heterocycles. The van der Waals surface area contributed by atoms with Crippen LogP contribution >= 0.6 is 0 Å². The number of rotatable bonds is 10. The van der Waals surface area contributed by atoms with Gasteiger partial charge in [-0.3, -0.25) is 9.59 Å². The van der Waals surface area contributed by atoms with Crippen molar-refractivity contribution in [3.63, 3.8) is 0 Å². The van der Waals surface area contributed by atoms with Crippen LogP contribution in [-0.2, 0) is 26.1 Å². The van der Waals surface area contributed by atoms with Crippen LogP contribution in [-0.4, -0.2) is 25.2 Å². The molecule has 0 aliphatic rings. The summed E-state index contributed by atoms with van der Waals surface area (Å²) in [5, 5.41) is 0. The van der Waals surface area contributed by atoms with Crippen molar-refractivity contribution in [2.75, 3.05) is 13.2 Å². The van der Waals surface area contributed by atoms with E-state index in [0.717, 1.165) is 6.42 Å². The van der Waals surface area contributed by atoms with Crippen LogP contribution in [0.15, 0.2) is 24.5 Å². The molecule has 0 amide bonds. The molecule has 0 aliphatic heterocycles. The van der Waals surface area contributed by atoms with Crippen LogP contribution in [0.4, 0.5) is 0 Å². The second-order valence-corrected chi connectivity index (χ2v) is 8.50. The average molecular weight is 414 g/mol. The number of halogens is 1. The largest absolute Gasteiger partial charge is 1.00 e. The fourth-order valence-corrected chi connectivity index (χ4v) is 2.79. The molecule has 0 saturated carbocycles. The summed E-state index contributed by atoms with van der Waals surface area (Å²) in [6.45, 7) is 11.8. The number of hydrogen-bond acceptors (Lipinski definition) is 4. The minimum Gasteiger partial charge on any atom is -1.00 e. The highest BCUT2D eigenvalue weighted by Crippen LogP contribution is 2.34. The van der Waals surface area contributed by atoms with Crippen LogP contribution in [0.3, 0.4) is 0 Å². The van der Waals surface area contributed by atoms with Gasteiger partial charge in [0.2, 0.25) is 0 Å². The maximum absolute atomic E-state index is 12.5. The first-order chi connectivity index (χ1) is 12.5. The Hall–Kier alpha value is -1.62. The monoisotopic (exact) mass is 413 g/mol. The van der Waals surface area contributed by atoms with Gasteiger partial charge in [-0.15, -0.1) is 0 Å². The lowest BCUT2D eigenvalue weighted by Gasteiger charge is -2.27. The van der Waals surface area contributed by atoms with Gasteiger partial charge in [-0.1, -0.05) is 13.8 Å². The summed E-state index contributed by atoms with van der Waals surface area (Å²) in [4.78, 5) is 24.5. The van der Waals surface area contributed by atoms with E-state index in [2.05, 4.69) is 19.1 Å². The topological polar surface area (TPSA) is 56.5 Å². The number of aryl methyl sites for hydroxylation is 1. The molecule has 1 atom stereocenters. The van der Waals surface area contributed by atoms with Crippen molar-refractivity contribution in [2.24, 2.45) is 17.9 Å². The van der Waals surface area contributed by atoms with Crippen LogP contribution in [0.2, 0.25) is 0 Å². The molecular formula is C22H36ClNO4. The maximum Gasteiger partial charge on any atom is 0.311 e. The molecule has 0 N–H and O–H groups in total. The second-order valence-electron chi connectivity index (χ2n) is 8.50. The van der Waals surface area contributed by atoms with E-state index in [1.165, 1.54) is 5.56 Å². The van der Waals surface area contributed by atoms with Gasteiger partial charge in [0.25, 0.3) is 0 Å². The van der Waals surface area contributed by atoms with Gasteiger partial charge in [-0.25, -0.2) is 4.57 Å². The van der Waals surface area contributed by atoms with E-state index >= 15 is 0 Å². The maximum atomic E-state index is 12.5. The molecule has 0 spiro atoms. The van der Waals surface area contributed by atoms with Crippen molar-refractivity contribution in [1.29, 1.82) is 0 Å². The predicted octanol–water partition coefficient (Wildman–Crippen LogP) is 0.948. The van der Waals surface area contributed by atoms with Crippen LogP contribution in [0.1, 0.15) is 72.3 Å². The van der Waals surface area contributed by atoms with Gasteiger partial charge in [0.15, 0.2) is 12.4 Å². The van der Waals surface area contributed by atoms with E-state index < -0.39 is 10.8 Å². The van der Waals surface area contributed by atoms with Crippen LogP contribution in [0.5, 0.6) is 0 Å². The van der Waals surface area contributed by atoms with Gasteiger partial charge >= 0.3 is 11.9 Å². The lowest BCUT2D eigenvalue weighted by Crippen LogP contribution is -3.00. The minimum absolute atomic E-state index is 0. The summed E-state index contributed by atoms with van der Waals surface area (Å²) in [7, 11) is 1.99. The Bertz CT molecular complexity index is 626. The second kappa shape index (κ2) is 11.4. The van der Waals surface area contributed by atoms with Crippen molar-refractivity contribution in [3.8, 4) is 0 Å². The third-order valence-corrected chi connectivity index (χ3v) is 5.26. The lowest BCUT2D eigenvalue weighted by molar-refractivity contribution is -0.671. The smallest absolute Gasteiger partial charge is 0.311 e. The Morgan fingerprint density at radius 3 is 1.86 bits per heavy atom. The lowest BCUT2D eigenvalue weighted by atomic mass is 9.79. The Morgan fingerprint density at radius 1 is 0.964 bits per heavy atom. The fourth-order valence-electron chi connectivity index (χ4n) is 2.79. The van der Waals surface area contributed by atoms with E-state index in [1.54, 1.807) is 0 Å². The molecule has 1 aromatic heterocycles. The highest BCUT2D eigenvalue weighted by molar-refractivity contribution is 5.76. The van der Waals surface area contributed by atoms with E-state index in [9.17, 15) is 9.59 Å². The van der Waals surface area contributed by atoms with Crippen LogP contribution in [0.25, 0.3) is 0 Å². The number of pyridine rings is 1. The number of carbonyl (C=O) groups is 2. The highest BCUT2D eigenvalue weighted by Gasteiger charge is 2.33. The van der Waals surface area contributed by atoms with E-state index in [4.69, 9.17) is 9.47 Å². The summed E-state index contributed by atoms with van der Waals surface area (Å²) >= 11 is 0. The zero-order valence-electron chi connectivity index (χ0n) is 18.4. The zero-order valence-corrected chi connectivity index (χ0v) is 19.1. The van der Waals surface area contributed by atoms with Crippen LogP contribution < -0.4 is 17.0 Å². The van der Waals surface area contributed by atoms with Gasteiger partial charge in [-0.2, -0.15) is 0 Å². The van der Waals surface area contributed by atoms with Gasteiger partial charge in [0.05, 0.1) is 10.8 Å².